The van der Waals surface area contributed by atoms with Gasteiger partial charge in [0, 0.05) is 38.2 Å². The number of hydrogen-bond donors (Lipinski definition) is 3. The van der Waals surface area contributed by atoms with Crippen LogP contribution >= 0.6 is 0 Å². The second-order valence-electron chi connectivity index (χ2n) is 9.90. The molecule has 3 aromatic rings. The maximum absolute atomic E-state index is 11.8. The van der Waals surface area contributed by atoms with Crippen molar-refractivity contribution in [1.82, 2.24) is 15.5 Å². The predicted molar refractivity (Wildman–Crippen MR) is 154 cm³/mol. The smallest absolute Gasteiger partial charge is 0.315 e. The molecular weight excluding hydrogens is 490 g/mol. The maximum atomic E-state index is 11.8. The number of carbonyl (C=O) groups excluding carboxylic acids is 1. The number of ether oxygens (including phenoxy) is 2. The second kappa shape index (κ2) is 14.1. The number of aliphatic hydroxyl groups is 1. The lowest BCUT2D eigenvalue weighted by Crippen LogP contribution is -2.37. The minimum Gasteiger partial charge on any atom is -0.392 e. The van der Waals surface area contributed by atoms with Crippen LogP contribution in [-0.4, -0.2) is 48.8 Å². The molecule has 206 valence electrons. The van der Waals surface area contributed by atoms with Crippen molar-refractivity contribution in [3.05, 3.63) is 108 Å². The summed E-state index contributed by atoms with van der Waals surface area (Å²) in [5, 5.41) is 15.0. The van der Waals surface area contributed by atoms with E-state index in [0.29, 0.717) is 13.1 Å². The van der Waals surface area contributed by atoms with E-state index in [9.17, 15) is 9.90 Å². The molecule has 0 saturated carbocycles. The molecule has 1 saturated heterocycles. The molecule has 3 N–H and O–H groups in total. The molecule has 3 atom stereocenters. The van der Waals surface area contributed by atoms with Crippen LogP contribution in [0.25, 0.3) is 11.1 Å². The number of benzene rings is 3. The van der Waals surface area contributed by atoms with Crippen molar-refractivity contribution in [1.29, 1.82) is 0 Å². The minimum absolute atomic E-state index is 0.00927. The molecule has 1 aliphatic rings. The van der Waals surface area contributed by atoms with E-state index in [1.54, 1.807) is 0 Å². The van der Waals surface area contributed by atoms with Gasteiger partial charge in [0.15, 0.2) is 6.29 Å². The highest BCUT2D eigenvalue weighted by atomic mass is 16.7. The number of rotatable bonds is 11. The Kier molecular flexibility index (Phi) is 10.3. The zero-order valence-corrected chi connectivity index (χ0v) is 22.8. The summed E-state index contributed by atoms with van der Waals surface area (Å²) >= 11 is 0. The summed E-state index contributed by atoms with van der Waals surface area (Å²) in [5.74, 6) is 0. The average molecular weight is 530 g/mol. The first-order chi connectivity index (χ1) is 19.0. The molecule has 0 spiro atoms. The van der Waals surface area contributed by atoms with E-state index in [1.165, 1.54) is 0 Å². The third-order valence-electron chi connectivity index (χ3n) is 6.80. The van der Waals surface area contributed by atoms with E-state index < -0.39 is 6.29 Å². The molecule has 0 bridgehead atoms. The fourth-order valence-electron chi connectivity index (χ4n) is 4.77. The lowest BCUT2D eigenvalue weighted by atomic mass is 9.99. The first kappa shape index (κ1) is 28.5. The fourth-order valence-corrected chi connectivity index (χ4v) is 4.77. The van der Waals surface area contributed by atoms with Crippen molar-refractivity contribution in [2.24, 2.45) is 0 Å². The van der Waals surface area contributed by atoms with Crippen LogP contribution in [0.5, 0.6) is 0 Å². The van der Waals surface area contributed by atoms with Crippen LogP contribution in [-0.2, 0) is 22.6 Å². The Balaban J connectivity index is 1.49. The van der Waals surface area contributed by atoms with Crippen molar-refractivity contribution >= 4 is 6.03 Å². The van der Waals surface area contributed by atoms with Crippen molar-refractivity contribution in [2.45, 2.75) is 45.0 Å². The molecule has 1 fully saturated rings. The number of nitrogens with zero attached hydrogens (tertiary/aromatic N) is 1. The van der Waals surface area contributed by atoms with Gasteiger partial charge in [0.1, 0.15) is 0 Å². The molecule has 39 heavy (non-hydrogen) atoms. The third-order valence-corrected chi connectivity index (χ3v) is 6.80. The van der Waals surface area contributed by atoms with Gasteiger partial charge < -0.3 is 30.1 Å². The molecule has 1 heterocycles. The zero-order chi connectivity index (χ0) is 27.6. The van der Waals surface area contributed by atoms with Crippen LogP contribution in [0.3, 0.4) is 0 Å². The molecule has 0 unspecified atom stereocenters. The average Bonchev–Trinajstić information content (AvgIpc) is 2.96. The Morgan fingerprint density at radius 1 is 1.00 bits per heavy atom. The van der Waals surface area contributed by atoms with Gasteiger partial charge in [-0.1, -0.05) is 72.8 Å². The number of nitrogens with one attached hydrogen (secondary N) is 2. The van der Waals surface area contributed by atoms with Crippen molar-refractivity contribution in [3.63, 3.8) is 0 Å². The lowest BCUT2D eigenvalue weighted by molar-refractivity contribution is -0.252. The zero-order valence-electron chi connectivity index (χ0n) is 22.8. The summed E-state index contributed by atoms with van der Waals surface area (Å²) in [7, 11) is 2.06. The van der Waals surface area contributed by atoms with E-state index in [4.69, 9.17) is 9.47 Å². The summed E-state index contributed by atoms with van der Waals surface area (Å²) in [6, 6.07) is 24.2. The molecular formula is C32H39N3O4. The molecule has 2 amide bonds. The number of aliphatic hydroxyl groups excluding tert-OH is 1. The molecule has 0 radical (unpaired) electrons. The Labute approximate surface area is 231 Å². The van der Waals surface area contributed by atoms with E-state index in [2.05, 4.69) is 65.6 Å². The van der Waals surface area contributed by atoms with E-state index in [0.717, 1.165) is 52.9 Å². The van der Waals surface area contributed by atoms with Gasteiger partial charge in [0.25, 0.3) is 0 Å². The number of urea groups is 1. The quantitative estimate of drug-likeness (QED) is 0.293. The van der Waals surface area contributed by atoms with E-state index >= 15 is 0 Å². The Hall–Kier alpha value is -3.49. The Morgan fingerprint density at radius 3 is 2.44 bits per heavy atom. The SMILES string of the molecule is C=CCN(C)C[C@@H]1C[C@H](c2ccc(CO)cc2)O[C@H](c2ccc(-c3cccc(CNC(=O)NCC)c3)cc2)O1. The van der Waals surface area contributed by atoms with Gasteiger partial charge in [-0.2, -0.15) is 0 Å². The number of carbonyl (C=O) groups is 1. The highest BCUT2D eigenvalue weighted by Gasteiger charge is 2.32. The van der Waals surface area contributed by atoms with Gasteiger partial charge in [0.2, 0.25) is 0 Å². The maximum Gasteiger partial charge on any atom is 0.315 e. The van der Waals surface area contributed by atoms with Crippen molar-refractivity contribution in [3.8, 4) is 11.1 Å². The Bertz CT molecular complexity index is 1210. The summed E-state index contributed by atoms with van der Waals surface area (Å²) in [4.78, 5) is 14.0. The summed E-state index contributed by atoms with van der Waals surface area (Å²) < 4.78 is 12.9. The first-order valence-electron chi connectivity index (χ1n) is 13.5. The van der Waals surface area contributed by atoms with Crippen LogP contribution < -0.4 is 10.6 Å². The highest BCUT2D eigenvalue weighted by molar-refractivity contribution is 5.73. The van der Waals surface area contributed by atoms with Gasteiger partial charge in [-0.15, -0.1) is 6.58 Å². The summed E-state index contributed by atoms with van der Waals surface area (Å²) in [5.41, 5.74) is 6.10. The van der Waals surface area contributed by atoms with E-state index in [-0.39, 0.29) is 24.8 Å². The lowest BCUT2D eigenvalue weighted by Gasteiger charge is -2.37. The first-order valence-corrected chi connectivity index (χ1v) is 13.5. The fraction of sp³-hybridized carbons (Fsp3) is 0.344. The standard InChI is InChI=1S/C32H39N3O4/c1-4-17-35(3)21-29-19-30(26-11-9-23(22-36)10-12-26)39-31(38-29)27-15-13-25(14-16-27)28-8-6-7-24(18-28)20-34-32(37)33-5-2/h4,6-16,18,29-31,36H,1,5,17,19-22H2,2-3H3,(H2,33,34,37)/t29-,30+,31+/m0/s1. The highest BCUT2D eigenvalue weighted by Crippen LogP contribution is 2.38. The van der Waals surface area contributed by atoms with Crippen LogP contribution in [0.1, 0.15) is 48.0 Å². The molecule has 0 aromatic heterocycles. The van der Waals surface area contributed by atoms with Crippen LogP contribution in [0.15, 0.2) is 85.5 Å². The number of amides is 2. The van der Waals surface area contributed by atoms with Crippen LogP contribution in [0.4, 0.5) is 4.79 Å². The third kappa shape index (κ3) is 8.00. The van der Waals surface area contributed by atoms with Gasteiger partial charge >= 0.3 is 6.03 Å². The molecule has 7 nitrogen and oxygen atoms in total. The number of hydrogen-bond acceptors (Lipinski definition) is 5. The molecule has 7 heteroatoms. The van der Waals surface area contributed by atoms with Crippen molar-refractivity contribution < 1.29 is 19.4 Å². The Morgan fingerprint density at radius 2 is 1.74 bits per heavy atom. The van der Waals surface area contributed by atoms with Crippen LogP contribution in [0.2, 0.25) is 0 Å². The topological polar surface area (TPSA) is 83.1 Å². The van der Waals surface area contributed by atoms with Gasteiger partial charge in [-0.25, -0.2) is 4.79 Å². The summed E-state index contributed by atoms with van der Waals surface area (Å²) in [6.45, 7) is 8.37. The second-order valence-corrected chi connectivity index (χ2v) is 9.90. The normalized spacial score (nSPS) is 19.0. The van der Waals surface area contributed by atoms with Gasteiger partial charge in [-0.3, -0.25) is 0 Å². The molecule has 1 aliphatic heterocycles. The van der Waals surface area contributed by atoms with Gasteiger partial charge in [0.05, 0.1) is 18.8 Å². The summed E-state index contributed by atoms with van der Waals surface area (Å²) in [6.07, 6.45) is 2.01. The molecule has 3 aromatic carbocycles. The molecule has 0 aliphatic carbocycles. The molecule has 4 rings (SSSR count). The minimum atomic E-state index is -0.495. The predicted octanol–water partition coefficient (Wildman–Crippen LogP) is 5.33. The van der Waals surface area contributed by atoms with Crippen LogP contribution in [0, 0.1) is 0 Å². The number of likely N-dealkylation sites (N-methyl/N-ethyl adjacent to an activating group) is 1. The van der Waals surface area contributed by atoms with Gasteiger partial charge in [-0.05, 0) is 47.9 Å². The van der Waals surface area contributed by atoms with E-state index in [1.807, 2.05) is 49.4 Å². The van der Waals surface area contributed by atoms with Crippen molar-refractivity contribution in [2.75, 3.05) is 26.7 Å². The largest absolute Gasteiger partial charge is 0.392 e. The monoisotopic (exact) mass is 529 g/mol.